The molecule has 1 saturated heterocycles. The van der Waals surface area contributed by atoms with Crippen molar-refractivity contribution < 1.29 is 23.8 Å². The molecule has 0 radical (unpaired) electrons. The summed E-state index contributed by atoms with van der Waals surface area (Å²) in [5, 5.41) is 11.1. The highest BCUT2D eigenvalue weighted by Crippen LogP contribution is 2.43. The Hall–Kier alpha value is -3.42. The molecule has 9 heteroatoms. The number of halogens is 3. The number of amides is 1. The van der Waals surface area contributed by atoms with Gasteiger partial charge in [-0.2, -0.15) is 0 Å². The summed E-state index contributed by atoms with van der Waals surface area (Å²) in [7, 11) is 1.44. The fraction of sp³-hybridized carbons (Fsp3) is 0.0870. The lowest BCUT2D eigenvalue weighted by Crippen LogP contribution is -2.29. The van der Waals surface area contributed by atoms with Gasteiger partial charge in [0.15, 0.2) is 0 Å². The molecule has 32 heavy (non-hydrogen) atoms. The van der Waals surface area contributed by atoms with E-state index in [2.05, 4.69) is 4.98 Å². The largest absolute Gasteiger partial charge is 0.507 e. The van der Waals surface area contributed by atoms with Crippen molar-refractivity contribution >= 4 is 46.3 Å². The molecule has 1 aromatic heterocycles. The van der Waals surface area contributed by atoms with Gasteiger partial charge in [0.25, 0.3) is 11.7 Å². The standard InChI is InChI=1S/C23H15Cl2FN2O4/c1-32-13-6-7-15(24)14(11-13)21(29)19-20(18-4-2-3-9-27-18)28(23(31)22(19)30)12-5-8-17(26)16(25)10-12/h2-11,20,29H,1H3/b21-19+. The topological polar surface area (TPSA) is 79.7 Å². The van der Waals surface area contributed by atoms with E-state index >= 15 is 0 Å². The van der Waals surface area contributed by atoms with E-state index in [0.717, 1.165) is 11.0 Å². The Kier molecular flexibility index (Phi) is 5.86. The van der Waals surface area contributed by atoms with E-state index in [1.54, 1.807) is 24.3 Å². The van der Waals surface area contributed by atoms with Gasteiger partial charge in [0.05, 0.1) is 28.4 Å². The number of rotatable bonds is 4. The van der Waals surface area contributed by atoms with Crippen molar-refractivity contribution in [3.63, 3.8) is 0 Å². The molecule has 0 saturated carbocycles. The lowest BCUT2D eigenvalue weighted by molar-refractivity contribution is -0.132. The number of nitrogens with zero attached hydrogens (tertiary/aromatic N) is 2. The number of pyridine rings is 1. The Balaban J connectivity index is 1.97. The van der Waals surface area contributed by atoms with Crippen LogP contribution in [0.25, 0.3) is 5.76 Å². The number of aliphatic hydroxyl groups is 1. The van der Waals surface area contributed by atoms with Crippen LogP contribution in [-0.2, 0) is 9.59 Å². The molecule has 1 aliphatic heterocycles. The zero-order valence-corrected chi connectivity index (χ0v) is 18.1. The van der Waals surface area contributed by atoms with Crippen LogP contribution in [0, 0.1) is 5.82 Å². The highest BCUT2D eigenvalue weighted by Gasteiger charge is 2.48. The van der Waals surface area contributed by atoms with Crippen molar-refractivity contribution in [2.45, 2.75) is 6.04 Å². The van der Waals surface area contributed by atoms with Gasteiger partial charge in [-0.15, -0.1) is 0 Å². The van der Waals surface area contributed by atoms with E-state index in [1.165, 1.54) is 37.6 Å². The zero-order chi connectivity index (χ0) is 23.0. The maximum atomic E-state index is 13.7. The van der Waals surface area contributed by atoms with Crippen molar-refractivity contribution in [2.75, 3.05) is 12.0 Å². The summed E-state index contributed by atoms with van der Waals surface area (Å²) in [4.78, 5) is 31.5. The molecule has 162 valence electrons. The Labute approximate surface area is 192 Å². The second-order valence-corrected chi connectivity index (χ2v) is 7.68. The van der Waals surface area contributed by atoms with Gasteiger partial charge < -0.3 is 9.84 Å². The number of aliphatic hydroxyl groups excluding tert-OH is 1. The van der Waals surface area contributed by atoms with Crippen molar-refractivity contribution in [1.29, 1.82) is 0 Å². The molecule has 1 aliphatic rings. The average molecular weight is 473 g/mol. The van der Waals surface area contributed by atoms with Crippen LogP contribution in [0.3, 0.4) is 0 Å². The number of Topliss-reactive ketones (excluding diaryl/α,β-unsaturated/α-hetero) is 1. The molecule has 2 aromatic carbocycles. The number of ketones is 1. The first-order valence-corrected chi connectivity index (χ1v) is 10.1. The van der Waals surface area contributed by atoms with Crippen molar-refractivity contribution in [2.24, 2.45) is 0 Å². The minimum atomic E-state index is -1.10. The van der Waals surface area contributed by atoms with Gasteiger partial charge in [0, 0.05) is 17.4 Å². The number of ether oxygens (including phenoxy) is 1. The summed E-state index contributed by atoms with van der Waals surface area (Å²) < 4.78 is 18.9. The smallest absolute Gasteiger partial charge is 0.300 e. The van der Waals surface area contributed by atoms with Gasteiger partial charge in [-0.05, 0) is 48.5 Å². The van der Waals surface area contributed by atoms with Gasteiger partial charge in [-0.3, -0.25) is 19.5 Å². The molecule has 4 rings (SSSR count). The molecule has 0 aliphatic carbocycles. The quantitative estimate of drug-likeness (QED) is 0.322. The number of methoxy groups -OCH3 is 1. The third kappa shape index (κ3) is 3.70. The van der Waals surface area contributed by atoms with E-state index in [9.17, 15) is 19.1 Å². The molecule has 3 aromatic rings. The number of hydrogen-bond acceptors (Lipinski definition) is 5. The second-order valence-electron chi connectivity index (χ2n) is 6.87. The van der Waals surface area contributed by atoms with Crippen molar-refractivity contribution in [3.05, 3.63) is 93.5 Å². The normalized spacial score (nSPS) is 17.6. The minimum absolute atomic E-state index is 0.113. The van der Waals surface area contributed by atoms with Gasteiger partial charge in [0.1, 0.15) is 23.4 Å². The van der Waals surface area contributed by atoms with Gasteiger partial charge >= 0.3 is 0 Å². The molecule has 1 unspecified atom stereocenters. The SMILES string of the molecule is COc1ccc(Cl)c(/C(O)=C2\C(=O)C(=O)N(c3ccc(F)c(Cl)c3)C2c2ccccn2)c1. The molecule has 0 bridgehead atoms. The third-order valence-electron chi connectivity index (χ3n) is 5.02. The summed E-state index contributed by atoms with van der Waals surface area (Å²) >= 11 is 12.2. The van der Waals surface area contributed by atoms with Crippen LogP contribution in [0.2, 0.25) is 10.0 Å². The van der Waals surface area contributed by atoms with E-state index in [-0.39, 0.29) is 26.9 Å². The van der Waals surface area contributed by atoms with Gasteiger partial charge in [-0.25, -0.2) is 4.39 Å². The Morgan fingerprint density at radius 1 is 1.09 bits per heavy atom. The van der Waals surface area contributed by atoms with E-state index in [1.807, 2.05) is 0 Å². The molecular formula is C23H15Cl2FN2O4. The molecule has 1 fully saturated rings. The van der Waals surface area contributed by atoms with Crippen LogP contribution < -0.4 is 9.64 Å². The molecule has 0 spiro atoms. The molecule has 1 atom stereocenters. The Bertz CT molecular complexity index is 1260. The average Bonchev–Trinajstić information content (AvgIpc) is 3.07. The summed E-state index contributed by atoms with van der Waals surface area (Å²) in [6, 6.07) is 12.0. The highest BCUT2D eigenvalue weighted by atomic mass is 35.5. The summed E-state index contributed by atoms with van der Waals surface area (Å²) in [5.74, 6) is -2.64. The predicted octanol–water partition coefficient (Wildman–Crippen LogP) is 5.16. The monoisotopic (exact) mass is 472 g/mol. The van der Waals surface area contributed by atoms with Crippen LogP contribution in [0.4, 0.5) is 10.1 Å². The summed E-state index contributed by atoms with van der Waals surface area (Å²) in [5.41, 5.74) is 0.379. The first-order chi connectivity index (χ1) is 15.3. The summed E-state index contributed by atoms with van der Waals surface area (Å²) in [6.45, 7) is 0. The number of benzene rings is 2. The predicted molar refractivity (Wildman–Crippen MR) is 118 cm³/mol. The van der Waals surface area contributed by atoms with Crippen LogP contribution in [0.5, 0.6) is 5.75 Å². The van der Waals surface area contributed by atoms with Crippen molar-refractivity contribution in [3.8, 4) is 5.75 Å². The Morgan fingerprint density at radius 2 is 1.88 bits per heavy atom. The van der Waals surface area contributed by atoms with Crippen LogP contribution in [0.1, 0.15) is 17.3 Å². The van der Waals surface area contributed by atoms with Crippen molar-refractivity contribution in [1.82, 2.24) is 4.98 Å². The van der Waals surface area contributed by atoms with E-state index < -0.39 is 29.3 Å². The first kappa shape index (κ1) is 21.8. The lowest BCUT2D eigenvalue weighted by Gasteiger charge is -2.24. The molecular weight excluding hydrogens is 458 g/mol. The van der Waals surface area contributed by atoms with Crippen LogP contribution in [-0.4, -0.2) is 28.9 Å². The fourth-order valence-electron chi connectivity index (χ4n) is 3.51. The minimum Gasteiger partial charge on any atom is -0.507 e. The third-order valence-corrected chi connectivity index (χ3v) is 5.64. The Morgan fingerprint density at radius 3 is 2.53 bits per heavy atom. The maximum Gasteiger partial charge on any atom is 0.300 e. The van der Waals surface area contributed by atoms with Gasteiger partial charge in [0.2, 0.25) is 0 Å². The number of hydrogen-bond donors (Lipinski definition) is 1. The van der Waals surface area contributed by atoms with E-state index in [4.69, 9.17) is 27.9 Å². The van der Waals surface area contributed by atoms with Gasteiger partial charge in [-0.1, -0.05) is 29.3 Å². The fourth-order valence-corrected chi connectivity index (χ4v) is 3.89. The molecule has 1 N–H and O–H groups in total. The van der Waals surface area contributed by atoms with Crippen LogP contribution in [0.15, 0.2) is 66.4 Å². The summed E-state index contributed by atoms with van der Waals surface area (Å²) in [6.07, 6.45) is 1.49. The molecule has 2 heterocycles. The number of carbonyl (C=O) groups excluding carboxylic acids is 2. The van der Waals surface area contributed by atoms with Crippen LogP contribution >= 0.6 is 23.2 Å². The maximum absolute atomic E-state index is 13.7. The number of aromatic nitrogens is 1. The highest BCUT2D eigenvalue weighted by molar-refractivity contribution is 6.52. The number of carbonyl (C=O) groups is 2. The number of anilines is 1. The lowest BCUT2D eigenvalue weighted by atomic mass is 9.98. The molecule has 1 amide bonds. The molecule has 6 nitrogen and oxygen atoms in total. The second kappa shape index (κ2) is 8.61. The zero-order valence-electron chi connectivity index (χ0n) is 16.6. The first-order valence-electron chi connectivity index (χ1n) is 9.34. The van der Waals surface area contributed by atoms with E-state index in [0.29, 0.717) is 11.4 Å².